The lowest BCUT2D eigenvalue weighted by Crippen LogP contribution is -2.31. The van der Waals surface area contributed by atoms with Crippen molar-refractivity contribution in [1.82, 2.24) is 5.32 Å². The summed E-state index contributed by atoms with van der Waals surface area (Å²) in [6.45, 7) is 2.47. The molecule has 154 valence electrons. The summed E-state index contributed by atoms with van der Waals surface area (Å²) in [5, 5.41) is 16.2. The second-order valence-electron chi connectivity index (χ2n) is 6.51. The fourth-order valence-electron chi connectivity index (χ4n) is 3.05. The van der Waals surface area contributed by atoms with E-state index in [1.54, 1.807) is 36.4 Å². The lowest BCUT2D eigenvalue weighted by atomic mass is 9.87. The molecule has 1 aliphatic heterocycles. The number of allylic oxidation sites excluding steroid dienone is 1. The predicted octanol–water partition coefficient (Wildman–Crippen LogP) is 4.45. The van der Waals surface area contributed by atoms with Crippen molar-refractivity contribution < 1.29 is 14.3 Å². The number of carbonyl (C=O) groups excluding carboxylic acids is 2. The van der Waals surface area contributed by atoms with E-state index < -0.39 is 0 Å². The van der Waals surface area contributed by atoms with Crippen molar-refractivity contribution in [3.63, 3.8) is 0 Å². The van der Waals surface area contributed by atoms with Crippen molar-refractivity contribution in [2.75, 3.05) is 17.7 Å². The molecule has 0 radical (unpaired) electrons. The molecule has 2 N–H and O–H groups in total. The summed E-state index contributed by atoms with van der Waals surface area (Å²) in [5.41, 5.74) is 1.92. The van der Waals surface area contributed by atoms with Crippen LogP contribution < -0.4 is 15.4 Å². The van der Waals surface area contributed by atoms with Crippen LogP contribution in [0.15, 0.2) is 59.1 Å². The number of rotatable bonds is 7. The van der Waals surface area contributed by atoms with Crippen LogP contribution in [0.2, 0.25) is 5.02 Å². The normalized spacial score (nSPS) is 15.9. The number of benzene rings is 2. The van der Waals surface area contributed by atoms with Crippen LogP contribution >= 0.6 is 23.4 Å². The maximum atomic E-state index is 12.3. The van der Waals surface area contributed by atoms with E-state index in [1.165, 1.54) is 0 Å². The minimum atomic E-state index is -0.363. The van der Waals surface area contributed by atoms with Crippen LogP contribution in [0.25, 0.3) is 0 Å². The first-order chi connectivity index (χ1) is 14.5. The van der Waals surface area contributed by atoms with Gasteiger partial charge in [-0.25, -0.2) is 0 Å². The van der Waals surface area contributed by atoms with Crippen molar-refractivity contribution in [2.45, 2.75) is 19.3 Å². The van der Waals surface area contributed by atoms with Gasteiger partial charge in [-0.05, 0) is 48.9 Å². The number of nitrogens with one attached hydrogen (secondary N) is 2. The third kappa shape index (κ3) is 5.56. The van der Waals surface area contributed by atoms with Crippen LogP contribution in [-0.4, -0.2) is 24.2 Å². The van der Waals surface area contributed by atoms with Gasteiger partial charge in [0.1, 0.15) is 5.75 Å². The molecule has 6 nitrogen and oxygen atoms in total. The minimum Gasteiger partial charge on any atom is -0.494 e. The summed E-state index contributed by atoms with van der Waals surface area (Å²) in [6.07, 6.45) is 0.174. The highest BCUT2D eigenvalue weighted by Gasteiger charge is 2.29. The Labute approximate surface area is 184 Å². The highest BCUT2D eigenvalue weighted by molar-refractivity contribution is 8.03. The van der Waals surface area contributed by atoms with Crippen molar-refractivity contribution in [2.24, 2.45) is 0 Å². The van der Waals surface area contributed by atoms with Gasteiger partial charge in [-0.3, -0.25) is 9.59 Å². The molecule has 0 unspecified atom stereocenters. The zero-order valence-corrected chi connectivity index (χ0v) is 17.8. The SMILES string of the molecule is CCOc1ccc(NC(=O)CSC2=C(C#N)[C@H](c3ccc(Cl)cc3)CC(=O)N2)cc1. The van der Waals surface area contributed by atoms with E-state index in [0.717, 1.165) is 23.1 Å². The van der Waals surface area contributed by atoms with Crippen LogP contribution in [0.5, 0.6) is 5.75 Å². The van der Waals surface area contributed by atoms with E-state index in [1.807, 2.05) is 19.1 Å². The molecule has 0 fully saturated rings. The molecule has 2 amide bonds. The number of ether oxygens (including phenoxy) is 1. The first kappa shape index (κ1) is 21.8. The fraction of sp³-hybridized carbons (Fsp3) is 0.227. The number of amides is 2. The van der Waals surface area contributed by atoms with E-state index in [2.05, 4.69) is 16.7 Å². The zero-order chi connectivity index (χ0) is 21.5. The second kappa shape index (κ2) is 10.2. The van der Waals surface area contributed by atoms with Gasteiger partial charge in [-0.2, -0.15) is 5.26 Å². The van der Waals surface area contributed by atoms with Crippen LogP contribution in [0.3, 0.4) is 0 Å². The van der Waals surface area contributed by atoms with Gasteiger partial charge < -0.3 is 15.4 Å². The second-order valence-corrected chi connectivity index (χ2v) is 7.93. The average molecular weight is 442 g/mol. The molecule has 30 heavy (non-hydrogen) atoms. The third-order valence-corrected chi connectivity index (χ3v) is 5.69. The predicted molar refractivity (Wildman–Crippen MR) is 118 cm³/mol. The van der Waals surface area contributed by atoms with Gasteiger partial charge in [0.05, 0.1) is 29.0 Å². The summed E-state index contributed by atoms with van der Waals surface area (Å²) in [6, 6.07) is 16.3. The average Bonchev–Trinajstić information content (AvgIpc) is 2.74. The highest BCUT2D eigenvalue weighted by atomic mass is 35.5. The Morgan fingerprint density at radius 1 is 1.27 bits per heavy atom. The van der Waals surface area contributed by atoms with Gasteiger partial charge in [0, 0.05) is 23.0 Å². The molecule has 1 atom stereocenters. The van der Waals surface area contributed by atoms with E-state index >= 15 is 0 Å². The number of carbonyl (C=O) groups is 2. The molecule has 1 heterocycles. The molecule has 0 aromatic heterocycles. The van der Waals surface area contributed by atoms with Gasteiger partial charge in [-0.15, -0.1) is 0 Å². The lowest BCUT2D eigenvalue weighted by molar-refractivity contribution is -0.121. The van der Waals surface area contributed by atoms with Crippen LogP contribution in [0.1, 0.15) is 24.8 Å². The molecular formula is C22H20ClN3O3S. The summed E-state index contributed by atoms with van der Waals surface area (Å²) >= 11 is 7.08. The smallest absolute Gasteiger partial charge is 0.234 e. The summed E-state index contributed by atoms with van der Waals surface area (Å²) in [7, 11) is 0. The molecular weight excluding hydrogens is 422 g/mol. The number of halogens is 1. The number of thioether (sulfide) groups is 1. The Balaban J connectivity index is 1.68. The fourth-order valence-corrected chi connectivity index (χ4v) is 4.05. The summed E-state index contributed by atoms with van der Waals surface area (Å²) < 4.78 is 5.38. The van der Waals surface area contributed by atoms with E-state index in [0.29, 0.717) is 27.9 Å². The number of hydrogen-bond acceptors (Lipinski definition) is 5. The van der Waals surface area contributed by atoms with Crippen molar-refractivity contribution >= 4 is 40.9 Å². The summed E-state index contributed by atoms with van der Waals surface area (Å²) in [5.74, 6) is -0.00818. The van der Waals surface area contributed by atoms with Crippen LogP contribution in [0, 0.1) is 11.3 Å². The number of hydrogen-bond donors (Lipinski definition) is 2. The van der Waals surface area contributed by atoms with Gasteiger partial charge in [0.25, 0.3) is 0 Å². The Morgan fingerprint density at radius 3 is 2.60 bits per heavy atom. The number of nitrogens with zero attached hydrogens (tertiary/aromatic N) is 1. The Hall–Kier alpha value is -2.95. The maximum absolute atomic E-state index is 12.3. The van der Waals surface area contributed by atoms with E-state index in [4.69, 9.17) is 16.3 Å². The largest absolute Gasteiger partial charge is 0.494 e. The molecule has 2 aromatic carbocycles. The molecule has 0 bridgehead atoms. The van der Waals surface area contributed by atoms with Crippen molar-refractivity contribution in [1.29, 1.82) is 5.26 Å². The van der Waals surface area contributed by atoms with E-state index in [-0.39, 0.29) is 29.9 Å². The highest BCUT2D eigenvalue weighted by Crippen LogP contribution is 2.36. The molecule has 0 saturated heterocycles. The van der Waals surface area contributed by atoms with Crippen LogP contribution in [0.4, 0.5) is 5.69 Å². The topological polar surface area (TPSA) is 91.2 Å². The third-order valence-electron chi connectivity index (χ3n) is 4.43. The van der Waals surface area contributed by atoms with E-state index in [9.17, 15) is 14.9 Å². The Bertz CT molecular complexity index is 998. The molecule has 0 spiro atoms. The van der Waals surface area contributed by atoms with Crippen LogP contribution in [-0.2, 0) is 9.59 Å². The molecule has 3 rings (SSSR count). The molecule has 8 heteroatoms. The molecule has 0 saturated carbocycles. The first-order valence-electron chi connectivity index (χ1n) is 9.35. The number of nitriles is 1. The number of anilines is 1. The quantitative estimate of drug-likeness (QED) is 0.662. The first-order valence-corrected chi connectivity index (χ1v) is 10.7. The molecule has 2 aromatic rings. The zero-order valence-electron chi connectivity index (χ0n) is 16.3. The summed E-state index contributed by atoms with van der Waals surface area (Å²) in [4.78, 5) is 24.5. The maximum Gasteiger partial charge on any atom is 0.234 e. The Kier molecular flexibility index (Phi) is 7.39. The van der Waals surface area contributed by atoms with Gasteiger partial charge in [0.2, 0.25) is 11.8 Å². The van der Waals surface area contributed by atoms with Gasteiger partial charge >= 0.3 is 0 Å². The Morgan fingerprint density at radius 2 is 1.97 bits per heavy atom. The van der Waals surface area contributed by atoms with Gasteiger partial charge in [-0.1, -0.05) is 35.5 Å². The minimum absolute atomic E-state index is 0.0569. The van der Waals surface area contributed by atoms with Crippen molar-refractivity contribution in [3.8, 4) is 11.8 Å². The monoisotopic (exact) mass is 441 g/mol. The lowest BCUT2D eigenvalue weighted by Gasteiger charge is -2.25. The van der Waals surface area contributed by atoms with Gasteiger partial charge in [0.15, 0.2) is 0 Å². The standard InChI is InChI=1S/C22H20ClN3O3S/c1-2-29-17-9-7-16(8-10-17)25-21(28)13-30-22-19(12-24)18(11-20(27)26-22)14-3-5-15(23)6-4-14/h3-10,18H,2,11,13H2,1H3,(H,25,28)(H,26,27)/t18-/m0/s1. The molecule has 0 aliphatic carbocycles. The van der Waals surface area contributed by atoms with Crippen molar-refractivity contribution in [3.05, 3.63) is 69.7 Å². The molecule has 1 aliphatic rings.